The van der Waals surface area contributed by atoms with Gasteiger partial charge < -0.3 is 26.3 Å². The lowest BCUT2D eigenvalue weighted by molar-refractivity contribution is 0.723. The third kappa shape index (κ3) is 1.81. The van der Waals surface area contributed by atoms with Crippen molar-refractivity contribution in [3.05, 3.63) is 39.4 Å². The molecule has 0 amide bonds. The molecule has 0 saturated heterocycles. The van der Waals surface area contributed by atoms with Crippen molar-refractivity contribution in [1.29, 1.82) is 0 Å². The molecule has 0 bridgehead atoms. The van der Waals surface area contributed by atoms with E-state index in [1.54, 1.807) is 0 Å². The summed E-state index contributed by atoms with van der Waals surface area (Å²) in [6, 6.07) is 5.77. The Morgan fingerprint density at radius 2 is 2.20 bits per heavy atom. The zero-order chi connectivity index (χ0) is 13.5. The molecule has 0 spiro atoms. The Morgan fingerprint density at radius 1 is 1.25 bits per heavy atom. The van der Waals surface area contributed by atoms with Gasteiger partial charge in [0, 0.05) is 5.69 Å². The Kier molecular flexibility index (Phi) is 2.43. The molecule has 0 saturated carbocycles. The maximum absolute atomic E-state index is 11.3. The Bertz CT molecular complexity index is 802. The molecule has 4 rings (SSSR count). The third-order valence-corrected chi connectivity index (χ3v) is 4.04. The highest BCUT2D eigenvalue weighted by molar-refractivity contribution is 7.16. The largest absolute Gasteiger partial charge is 0.362 e. The van der Waals surface area contributed by atoms with Crippen molar-refractivity contribution in [3.8, 4) is 0 Å². The minimum absolute atomic E-state index is 0.0389. The zero-order valence-electron chi connectivity index (χ0n) is 10.4. The van der Waals surface area contributed by atoms with Crippen LogP contribution in [0.4, 0.5) is 5.69 Å². The number of hydrogen-bond acceptors (Lipinski definition) is 7. The van der Waals surface area contributed by atoms with Crippen LogP contribution >= 0.6 is 11.3 Å². The Balaban J connectivity index is 1.67. The number of amidine groups is 1. The molecule has 2 aromatic rings. The van der Waals surface area contributed by atoms with E-state index in [0.717, 1.165) is 33.3 Å². The molecule has 8 heteroatoms. The van der Waals surface area contributed by atoms with Gasteiger partial charge in [0.2, 0.25) is 0 Å². The summed E-state index contributed by atoms with van der Waals surface area (Å²) >= 11 is 1.20. The number of fused-ring (bicyclic) bond motifs is 1. The van der Waals surface area contributed by atoms with Crippen molar-refractivity contribution in [1.82, 2.24) is 20.9 Å². The summed E-state index contributed by atoms with van der Waals surface area (Å²) in [6.45, 7) is 1.23. The van der Waals surface area contributed by atoms with Gasteiger partial charge in [-0.25, -0.2) is 4.99 Å². The summed E-state index contributed by atoms with van der Waals surface area (Å²) in [5.74, 6) is 1.76. The number of benzene rings is 1. The fourth-order valence-electron chi connectivity index (χ4n) is 2.29. The van der Waals surface area contributed by atoms with Crippen LogP contribution in [0.15, 0.2) is 39.5 Å². The second kappa shape index (κ2) is 4.27. The average molecular weight is 288 g/mol. The van der Waals surface area contributed by atoms with E-state index in [1.165, 1.54) is 11.3 Å². The highest BCUT2D eigenvalue weighted by atomic mass is 32.1. The lowest BCUT2D eigenvalue weighted by Crippen LogP contribution is -2.32. The summed E-state index contributed by atoms with van der Waals surface area (Å²) in [6.07, 6.45) is 0. The SMILES string of the molecule is O=c1[nH]c2ccc(NC3=NCNC4=C3NCN4)cc2s1. The van der Waals surface area contributed by atoms with E-state index >= 15 is 0 Å². The van der Waals surface area contributed by atoms with Crippen LogP contribution < -0.4 is 26.1 Å². The Labute approximate surface area is 117 Å². The van der Waals surface area contributed by atoms with Crippen LogP contribution in [0.25, 0.3) is 10.2 Å². The number of anilines is 1. The van der Waals surface area contributed by atoms with Crippen molar-refractivity contribution in [2.75, 3.05) is 18.7 Å². The van der Waals surface area contributed by atoms with Crippen LogP contribution in [-0.4, -0.2) is 24.2 Å². The van der Waals surface area contributed by atoms with Gasteiger partial charge in [-0.3, -0.25) is 4.79 Å². The lowest BCUT2D eigenvalue weighted by Gasteiger charge is -2.17. The van der Waals surface area contributed by atoms with Gasteiger partial charge in [0.25, 0.3) is 0 Å². The monoisotopic (exact) mass is 288 g/mol. The second-order valence-corrected chi connectivity index (χ2v) is 5.49. The molecule has 1 aromatic carbocycles. The molecular weight excluding hydrogens is 276 g/mol. The summed E-state index contributed by atoms with van der Waals surface area (Å²) in [7, 11) is 0. The standard InChI is InChI=1S/C12H12N6OS/c19-12-18-7-2-1-6(3-8(7)20-12)17-11-9-10(14-4-13-9)15-5-16-11/h1-3,13-15H,4-5H2,(H,16,17)(H,18,19). The molecule has 3 heterocycles. The van der Waals surface area contributed by atoms with Crippen molar-refractivity contribution in [2.45, 2.75) is 0 Å². The minimum atomic E-state index is -0.0389. The molecule has 0 atom stereocenters. The molecule has 2 aliphatic rings. The first-order valence-corrected chi connectivity index (χ1v) is 7.02. The maximum Gasteiger partial charge on any atom is 0.305 e. The third-order valence-electron chi connectivity index (χ3n) is 3.19. The molecule has 102 valence electrons. The summed E-state index contributed by atoms with van der Waals surface area (Å²) in [5, 5.41) is 12.9. The van der Waals surface area contributed by atoms with Gasteiger partial charge >= 0.3 is 4.87 Å². The van der Waals surface area contributed by atoms with Crippen molar-refractivity contribution in [2.24, 2.45) is 4.99 Å². The van der Waals surface area contributed by atoms with E-state index < -0.39 is 0 Å². The van der Waals surface area contributed by atoms with E-state index in [9.17, 15) is 4.79 Å². The highest BCUT2D eigenvalue weighted by Gasteiger charge is 2.21. The Hall–Kier alpha value is -2.48. The quantitative estimate of drug-likeness (QED) is 0.520. The normalized spacial score (nSPS) is 17.1. The first-order valence-electron chi connectivity index (χ1n) is 6.20. The zero-order valence-corrected chi connectivity index (χ0v) is 11.2. The van der Waals surface area contributed by atoms with Gasteiger partial charge in [-0.15, -0.1) is 0 Å². The number of nitrogens with one attached hydrogen (secondary N) is 5. The van der Waals surface area contributed by atoms with Crippen molar-refractivity contribution >= 4 is 33.1 Å². The second-order valence-electron chi connectivity index (χ2n) is 4.47. The first kappa shape index (κ1) is 11.4. The molecule has 1 aromatic heterocycles. The summed E-state index contributed by atoms with van der Waals surface area (Å²) in [4.78, 5) is 18.5. The molecule has 0 radical (unpaired) electrons. The number of nitrogens with zero attached hydrogens (tertiary/aromatic N) is 1. The average Bonchev–Trinajstić information content (AvgIpc) is 3.03. The van der Waals surface area contributed by atoms with Crippen molar-refractivity contribution < 1.29 is 0 Å². The molecular formula is C12H12N6OS. The summed E-state index contributed by atoms with van der Waals surface area (Å²) in [5.41, 5.74) is 2.71. The molecule has 20 heavy (non-hydrogen) atoms. The molecule has 2 aliphatic heterocycles. The van der Waals surface area contributed by atoms with Crippen LogP contribution in [0.3, 0.4) is 0 Å². The fourth-order valence-corrected chi connectivity index (χ4v) is 3.06. The number of rotatable bonds is 1. The minimum Gasteiger partial charge on any atom is -0.362 e. The van der Waals surface area contributed by atoms with Crippen LogP contribution in [0, 0.1) is 0 Å². The predicted molar refractivity (Wildman–Crippen MR) is 79.7 cm³/mol. The number of H-pyrrole nitrogens is 1. The van der Waals surface area contributed by atoms with Crippen LogP contribution in [0.5, 0.6) is 0 Å². The topological polar surface area (TPSA) is 93.3 Å². The number of thiazole rings is 1. The fraction of sp³-hybridized carbons (Fsp3) is 0.167. The first-order chi connectivity index (χ1) is 9.79. The molecule has 5 N–H and O–H groups in total. The molecule has 7 nitrogen and oxygen atoms in total. The molecule has 0 aliphatic carbocycles. The molecule has 0 unspecified atom stereocenters. The molecule has 0 fully saturated rings. The predicted octanol–water partition coefficient (Wildman–Crippen LogP) is 0.280. The summed E-state index contributed by atoms with van der Waals surface area (Å²) < 4.78 is 0.932. The highest BCUT2D eigenvalue weighted by Crippen LogP contribution is 2.20. The van der Waals surface area contributed by atoms with E-state index in [0.29, 0.717) is 13.3 Å². The van der Waals surface area contributed by atoms with Gasteiger partial charge in [-0.05, 0) is 18.2 Å². The number of aromatic amines is 1. The van der Waals surface area contributed by atoms with E-state index in [1.807, 2.05) is 18.2 Å². The Morgan fingerprint density at radius 3 is 3.15 bits per heavy atom. The van der Waals surface area contributed by atoms with Crippen LogP contribution in [-0.2, 0) is 0 Å². The van der Waals surface area contributed by atoms with Gasteiger partial charge in [0.1, 0.15) is 18.2 Å². The number of aliphatic imine (C=N–C) groups is 1. The van der Waals surface area contributed by atoms with E-state index in [2.05, 4.69) is 31.2 Å². The van der Waals surface area contributed by atoms with Crippen molar-refractivity contribution in [3.63, 3.8) is 0 Å². The number of aromatic nitrogens is 1. The van der Waals surface area contributed by atoms with E-state index in [-0.39, 0.29) is 4.87 Å². The van der Waals surface area contributed by atoms with Gasteiger partial charge in [0.15, 0.2) is 5.84 Å². The number of hydrogen-bond donors (Lipinski definition) is 5. The van der Waals surface area contributed by atoms with Gasteiger partial charge in [-0.1, -0.05) is 11.3 Å². The lowest BCUT2D eigenvalue weighted by atomic mass is 10.2. The van der Waals surface area contributed by atoms with Crippen LogP contribution in [0.1, 0.15) is 0 Å². The van der Waals surface area contributed by atoms with Gasteiger partial charge in [-0.2, -0.15) is 0 Å². The smallest absolute Gasteiger partial charge is 0.305 e. The maximum atomic E-state index is 11.3. The van der Waals surface area contributed by atoms with E-state index in [4.69, 9.17) is 0 Å². The van der Waals surface area contributed by atoms with Gasteiger partial charge in [0.05, 0.1) is 16.9 Å². The van der Waals surface area contributed by atoms with Crippen LogP contribution in [0.2, 0.25) is 0 Å².